The molecular weight excluding hydrogens is 238 g/mol. The van der Waals surface area contributed by atoms with Gasteiger partial charge in [0.05, 0.1) is 19.2 Å². The van der Waals surface area contributed by atoms with Gasteiger partial charge in [-0.1, -0.05) is 0 Å². The molecule has 0 radical (unpaired) electrons. The topological polar surface area (TPSA) is 51.3 Å². The van der Waals surface area contributed by atoms with Crippen molar-refractivity contribution < 1.29 is 9.47 Å². The largest absolute Gasteiger partial charge is 0.493 e. The second-order valence-corrected chi connectivity index (χ2v) is 4.28. The van der Waals surface area contributed by atoms with E-state index < -0.39 is 0 Å². The minimum atomic E-state index is -0.117. The number of benzene rings is 1. The van der Waals surface area contributed by atoms with Crippen LogP contribution in [0.25, 0.3) is 10.8 Å². The SMILES string of the molecule is COc1cc2cc(=O)[nH]c(SC)c2cc1OC. The van der Waals surface area contributed by atoms with Gasteiger partial charge in [-0.2, -0.15) is 0 Å². The number of pyridine rings is 1. The van der Waals surface area contributed by atoms with Crippen LogP contribution >= 0.6 is 11.8 Å². The Bertz CT molecular complexity index is 606. The molecule has 0 saturated heterocycles. The van der Waals surface area contributed by atoms with E-state index in [1.807, 2.05) is 18.4 Å². The molecule has 1 aromatic heterocycles. The molecule has 1 heterocycles. The summed E-state index contributed by atoms with van der Waals surface area (Å²) in [6, 6.07) is 5.23. The van der Waals surface area contributed by atoms with Crippen LogP contribution in [0.4, 0.5) is 0 Å². The van der Waals surface area contributed by atoms with Crippen molar-refractivity contribution in [3.8, 4) is 11.5 Å². The van der Waals surface area contributed by atoms with Crippen molar-refractivity contribution in [2.45, 2.75) is 5.03 Å². The van der Waals surface area contributed by atoms with Crippen LogP contribution in [0, 0.1) is 0 Å². The van der Waals surface area contributed by atoms with Crippen molar-refractivity contribution >= 4 is 22.5 Å². The highest BCUT2D eigenvalue weighted by Gasteiger charge is 2.09. The van der Waals surface area contributed by atoms with Crippen LogP contribution in [0.5, 0.6) is 11.5 Å². The Balaban J connectivity index is 2.82. The Morgan fingerprint density at radius 3 is 2.35 bits per heavy atom. The Morgan fingerprint density at radius 1 is 1.12 bits per heavy atom. The number of fused-ring (bicyclic) bond motifs is 1. The van der Waals surface area contributed by atoms with Crippen molar-refractivity contribution in [2.75, 3.05) is 20.5 Å². The van der Waals surface area contributed by atoms with E-state index >= 15 is 0 Å². The molecule has 0 amide bonds. The standard InChI is InChI=1S/C12H13NO3S/c1-15-9-4-7-5-11(14)13-12(17-3)8(7)6-10(9)16-2/h4-6H,1-3H3,(H,13,14). The second kappa shape index (κ2) is 4.71. The number of hydrogen-bond donors (Lipinski definition) is 1. The Hall–Kier alpha value is -1.62. The van der Waals surface area contributed by atoms with E-state index in [2.05, 4.69) is 4.98 Å². The van der Waals surface area contributed by atoms with Gasteiger partial charge >= 0.3 is 0 Å². The number of aromatic amines is 1. The summed E-state index contributed by atoms with van der Waals surface area (Å²) in [6.07, 6.45) is 1.92. The summed E-state index contributed by atoms with van der Waals surface area (Å²) < 4.78 is 10.5. The van der Waals surface area contributed by atoms with Crippen LogP contribution in [-0.4, -0.2) is 25.5 Å². The van der Waals surface area contributed by atoms with Crippen molar-refractivity contribution in [2.24, 2.45) is 0 Å². The fourth-order valence-electron chi connectivity index (χ4n) is 1.73. The van der Waals surface area contributed by atoms with Gasteiger partial charge in [-0.3, -0.25) is 4.79 Å². The van der Waals surface area contributed by atoms with Crippen LogP contribution in [-0.2, 0) is 0 Å². The number of H-pyrrole nitrogens is 1. The number of nitrogens with one attached hydrogen (secondary N) is 1. The van der Waals surface area contributed by atoms with E-state index in [1.54, 1.807) is 20.3 Å². The van der Waals surface area contributed by atoms with Gasteiger partial charge in [0.25, 0.3) is 0 Å². The van der Waals surface area contributed by atoms with Crippen molar-refractivity contribution in [1.29, 1.82) is 0 Å². The molecule has 0 atom stereocenters. The molecule has 4 nitrogen and oxygen atoms in total. The van der Waals surface area contributed by atoms with Crippen molar-refractivity contribution in [3.63, 3.8) is 0 Å². The van der Waals surface area contributed by atoms with Gasteiger partial charge in [0.15, 0.2) is 11.5 Å². The third kappa shape index (κ3) is 2.10. The van der Waals surface area contributed by atoms with Gasteiger partial charge in [-0.05, 0) is 23.8 Å². The van der Waals surface area contributed by atoms with Gasteiger partial charge in [0.1, 0.15) is 0 Å². The fraction of sp³-hybridized carbons (Fsp3) is 0.250. The first-order chi connectivity index (χ1) is 8.19. The lowest BCUT2D eigenvalue weighted by atomic mass is 10.1. The third-order valence-electron chi connectivity index (χ3n) is 2.53. The molecule has 0 spiro atoms. The normalized spacial score (nSPS) is 10.5. The van der Waals surface area contributed by atoms with E-state index in [9.17, 15) is 4.79 Å². The summed E-state index contributed by atoms with van der Waals surface area (Å²) in [5.74, 6) is 1.28. The van der Waals surface area contributed by atoms with Gasteiger partial charge < -0.3 is 14.5 Å². The van der Waals surface area contributed by atoms with E-state index in [1.165, 1.54) is 11.8 Å². The zero-order valence-electron chi connectivity index (χ0n) is 9.87. The minimum absolute atomic E-state index is 0.117. The first-order valence-electron chi connectivity index (χ1n) is 5.02. The summed E-state index contributed by atoms with van der Waals surface area (Å²) in [5, 5.41) is 2.62. The molecule has 0 unspecified atom stereocenters. The molecule has 2 aromatic rings. The summed E-state index contributed by atoms with van der Waals surface area (Å²) >= 11 is 1.49. The molecule has 1 N–H and O–H groups in total. The third-order valence-corrected chi connectivity index (χ3v) is 3.26. The Morgan fingerprint density at radius 2 is 1.76 bits per heavy atom. The quantitative estimate of drug-likeness (QED) is 0.850. The highest BCUT2D eigenvalue weighted by molar-refractivity contribution is 7.98. The maximum Gasteiger partial charge on any atom is 0.249 e. The number of ether oxygens (including phenoxy) is 2. The average molecular weight is 251 g/mol. The molecule has 0 fully saturated rings. The smallest absolute Gasteiger partial charge is 0.249 e. The maximum absolute atomic E-state index is 11.5. The van der Waals surface area contributed by atoms with E-state index in [-0.39, 0.29) is 5.56 Å². The first-order valence-corrected chi connectivity index (χ1v) is 6.25. The fourth-order valence-corrected chi connectivity index (χ4v) is 2.33. The van der Waals surface area contributed by atoms with Crippen LogP contribution in [0.3, 0.4) is 0 Å². The predicted molar refractivity (Wildman–Crippen MR) is 69.5 cm³/mol. The monoisotopic (exact) mass is 251 g/mol. The molecule has 2 rings (SSSR count). The van der Waals surface area contributed by atoms with Crippen molar-refractivity contribution in [3.05, 3.63) is 28.6 Å². The van der Waals surface area contributed by atoms with E-state index in [4.69, 9.17) is 9.47 Å². The Kier molecular flexibility index (Phi) is 3.28. The van der Waals surface area contributed by atoms with Crippen LogP contribution < -0.4 is 15.0 Å². The van der Waals surface area contributed by atoms with Crippen molar-refractivity contribution in [1.82, 2.24) is 4.98 Å². The molecule has 0 aliphatic carbocycles. The lowest BCUT2D eigenvalue weighted by molar-refractivity contribution is 0.356. The molecule has 0 bridgehead atoms. The van der Waals surface area contributed by atoms with Gasteiger partial charge in [0, 0.05) is 11.5 Å². The van der Waals surface area contributed by atoms with E-state index in [0.717, 1.165) is 15.8 Å². The maximum atomic E-state index is 11.5. The molecule has 5 heteroatoms. The molecule has 1 aromatic carbocycles. The zero-order valence-corrected chi connectivity index (χ0v) is 10.7. The number of rotatable bonds is 3. The molecule has 0 saturated carbocycles. The predicted octanol–water partition coefficient (Wildman–Crippen LogP) is 2.27. The number of hydrogen-bond acceptors (Lipinski definition) is 4. The van der Waals surface area contributed by atoms with Crippen LogP contribution in [0.1, 0.15) is 0 Å². The van der Waals surface area contributed by atoms with Gasteiger partial charge in [-0.15, -0.1) is 11.8 Å². The summed E-state index contributed by atoms with van der Waals surface area (Å²) in [6.45, 7) is 0. The molecule has 17 heavy (non-hydrogen) atoms. The molecule has 90 valence electrons. The Labute approximate surface area is 103 Å². The highest BCUT2D eigenvalue weighted by Crippen LogP contribution is 2.34. The molecular formula is C12H13NO3S. The summed E-state index contributed by atoms with van der Waals surface area (Å²) in [4.78, 5) is 14.3. The number of thioether (sulfide) groups is 1. The van der Waals surface area contributed by atoms with Gasteiger partial charge in [0.2, 0.25) is 5.56 Å². The minimum Gasteiger partial charge on any atom is -0.493 e. The number of aromatic nitrogens is 1. The second-order valence-electron chi connectivity index (χ2n) is 3.46. The average Bonchev–Trinajstić information content (AvgIpc) is 2.35. The summed E-state index contributed by atoms with van der Waals surface area (Å²) in [5.41, 5.74) is -0.117. The van der Waals surface area contributed by atoms with Gasteiger partial charge in [-0.25, -0.2) is 0 Å². The zero-order chi connectivity index (χ0) is 12.4. The lowest BCUT2D eigenvalue weighted by Gasteiger charge is -2.10. The number of methoxy groups -OCH3 is 2. The first kappa shape index (κ1) is 11.9. The van der Waals surface area contributed by atoms with E-state index in [0.29, 0.717) is 11.5 Å². The molecule has 0 aliphatic heterocycles. The highest BCUT2D eigenvalue weighted by atomic mass is 32.2. The lowest BCUT2D eigenvalue weighted by Crippen LogP contribution is -2.05. The summed E-state index contributed by atoms with van der Waals surface area (Å²) in [7, 11) is 3.17. The molecule has 0 aliphatic rings. The van der Waals surface area contributed by atoms with Crippen LogP contribution in [0.15, 0.2) is 28.0 Å². The van der Waals surface area contributed by atoms with Crippen LogP contribution in [0.2, 0.25) is 0 Å².